The predicted molar refractivity (Wildman–Crippen MR) is 126 cm³/mol. The fourth-order valence-corrected chi connectivity index (χ4v) is 4.15. The molecule has 2 aromatic rings. The minimum absolute atomic E-state index is 0.0166. The summed E-state index contributed by atoms with van der Waals surface area (Å²) in [5.41, 5.74) is 4.91. The third-order valence-electron chi connectivity index (χ3n) is 4.50. The Morgan fingerprint density at radius 2 is 1.97 bits per heavy atom. The van der Waals surface area contributed by atoms with Crippen molar-refractivity contribution >= 4 is 57.8 Å². The van der Waals surface area contributed by atoms with E-state index in [1.165, 1.54) is 30.2 Å². The molecular weight excluding hydrogens is 468 g/mol. The Kier molecular flexibility index (Phi) is 7.74. The monoisotopic (exact) mass is 486 g/mol. The van der Waals surface area contributed by atoms with Crippen LogP contribution in [0.2, 0.25) is 0 Å². The van der Waals surface area contributed by atoms with Gasteiger partial charge >= 0.3 is 0 Å². The first kappa shape index (κ1) is 23.9. The third-order valence-corrected chi connectivity index (χ3v) is 5.87. The number of hydrogen-bond acceptors (Lipinski definition) is 8. The maximum absolute atomic E-state index is 12.7. The van der Waals surface area contributed by atoms with Crippen LogP contribution in [-0.2, 0) is 9.59 Å². The number of nitro groups is 1. The van der Waals surface area contributed by atoms with E-state index in [1.54, 1.807) is 12.1 Å². The molecule has 0 aromatic heterocycles. The molecule has 1 aliphatic rings. The molecule has 0 radical (unpaired) electrons. The van der Waals surface area contributed by atoms with Crippen LogP contribution in [0.4, 0.5) is 5.69 Å². The second-order valence-corrected chi connectivity index (χ2v) is 8.31. The van der Waals surface area contributed by atoms with Crippen molar-refractivity contribution in [1.29, 1.82) is 0 Å². The molecule has 0 spiro atoms. The van der Waals surface area contributed by atoms with Crippen LogP contribution in [0.3, 0.4) is 0 Å². The van der Waals surface area contributed by atoms with Gasteiger partial charge in [-0.15, -0.1) is 0 Å². The molecule has 0 atom stereocenters. The minimum atomic E-state index is -0.711. The van der Waals surface area contributed by atoms with E-state index in [-0.39, 0.29) is 30.1 Å². The molecule has 1 heterocycles. The van der Waals surface area contributed by atoms with Crippen molar-refractivity contribution in [2.24, 2.45) is 0 Å². The smallest absolute Gasteiger partial charge is 0.270 e. The maximum Gasteiger partial charge on any atom is 0.270 e. The Balaban J connectivity index is 1.55. The van der Waals surface area contributed by atoms with E-state index < -0.39 is 16.7 Å². The summed E-state index contributed by atoms with van der Waals surface area (Å²) in [5, 5.41) is 10.8. The second kappa shape index (κ2) is 10.7. The van der Waals surface area contributed by atoms with Gasteiger partial charge in [-0.25, -0.2) is 0 Å². The van der Waals surface area contributed by atoms with Gasteiger partial charge < -0.3 is 4.74 Å². The van der Waals surface area contributed by atoms with Gasteiger partial charge in [0, 0.05) is 36.2 Å². The van der Waals surface area contributed by atoms with E-state index in [0.717, 1.165) is 23.4 Å². The van der Waals surface area contributed by atoms with Crippen LogP contribution in [-0.4, -0.2) is 45.5 Å². The molecule has 0 saturated carbocycles. The summed E-state index contributed by atoms with van der Waals surface area (Å²) in [6, 6.07) is 12.3. The number of amides is 3. The Bertz CT molecular complexity index is 1170. The lowest BCUT2D eigenvalue weighted by Gasteiger charge is -2.14. The molecule has 170 valence electrons. The molecular formula is C21H18N4O6S2. The number of para-hydroxylation sites is 1. The van der Waals surface area contributed by atoms with Crippen LogP contribution in [0.1, 0.15) is 22.3 Å². The molecule has 3 amide bonds. The molecule has 0 bridgehead atoms. The number of hydrogen-bond donors (Lipinski definition) is 2. The molecule has 3 rings (SSSR count). The zero-order chi connectivity index (χ0) is 24.0. The fraction of sp³-hybridized carbons (Fsp3) is 0.143. The molecule has 0 unspecified atom stereocenters. The van der Waals surface area contributed by atoms with Crippen molar-refractivity contribution < 1.29 is 24.0 Å². The van der Waals surface area contributed by atoms with Crippen LogP contribution in [0.25, 0.3) is 6.08 Å². The number of nitro benzene ring substituents is 1. The zero-order valence-electron chi connectivity index (χ0n) is 17.3. The number of methoxy groups -OCH3 is 1. The summed E-state index contributed by atoms with van der Waals surface area (Å²) < 4.78 is 5.60. The highest BCUT2D eigenvalue weighted by Gasteiger charge is 2.32. The first-order valence-electron chi connectivity index (χ1n) is 9.52. The third kappa shape index (κ3) is 5.93. The van der Waals surface area contributed by atoms with Gasteiger partial charge in [-0.2, -0.15) is 0 Å². The lowest BCUT2D eigenvalue weighted by atomic mass is 10.2. The summed E-state index contributed by atoms with van der Waals surface area (Å²) in [5.74, 6) is -0.986. The Morgan fingerprint density at radius 1 is 1.21 bits per heavy atom. The van der Waals surface area contributed by atoms with Gasteiger partial charge in [0.05, 0.1) is 16.9 Å². The van der Waals surface area contributed by atoms with Gasteiger partial charge in [-0.1, -0.05) is 48.2 Å². The van der Waals surface area contributed by atoms with Gasteiger partial charge in [0.25, 0.3) is 17.5 Å². The standard InChI is InChI=1S/C21H18N4O6S2/c1-31-16-8-3-2-5-13(16)12-17-20(28)24(21(32)33-17)10-9-18(26)22-23-19(27)14-6-4-7-15(11-14)25(29)30/h2-8,11-12H,9-10H2,1H3,(H,22,26)(H,23,27)/b17-12-. The number of nitrogens with one attached hydrogen (secondary N) is 2. The number of carbonyl (C=O) groups excluding carboxylic acids is 3. The van der Waals surface area contributed by atoms with Crippen LogP contribution >= 0.6 is 24.0 Å². The first-order chi connectivity index (χ1) is 15.8. The number of rotatable bonds is 7. The van der Waals surface area contributed by atoms with Gasteiger partial charge in [-0.05, 0) is 18.2 Å². The van der Waals surface area contributed by atoms with Crippen LogP contribution in [0, 0.1) is 10.1 Å². The number of ether oxygens (including phenoxy) is 1. The van der Waals surface area contributed by atoms with Crippen LogP contribution in [0.15, 0.2) is 53.4 Å². The summed E-state index contributed by atoms with van der Waals surface area (Å²) in [6.45, 7) is 0.0203. The van der Waals surface area contributed by atoms with E-state index in [1.807, 2.05) is 18.2 Å². The van der Waals surface area contributed by atoms with Gasteiger partial charge in [0.2, 0.25) is 5.91 Å². The predicted octanol–water partition coefficient (Wildman–Crippen LogP) is 2.66. The topological polar surface area (TPSA) is 131 Å². The van der Waals surface area contributed by atoms with Crippen molar-refractivity contribution in [3.8, 4) is 5.75 Å². The number of carbonyl (C=O) groups is 3. The van der Waals surface area contributed by atoms with E-state index >= 15 is 0 Å². The molecule has 1 saturated heterocycles. The van der Waals surface area contributed by atoms with E-state index in [0.29, 0.717) is 15.0 Å². The number of non-ortho nitro benzene ring substituents is 1. The highest BCUT2D eigenvalue weighted by Crippen LogP contribution is 2.34. The second-order valence-electron chi connectivity index (χ2n) is 6.64. The lowest BCUT2D eigenvalue weighted by Crippen LogP contribution is -2.43. The lowest BCUT2D eigenvalue weighted by molar-refractivity contribution is -0.384. The summed E-state index contributed by atoms with van der Waals surface area (Å²) in [7, 11) is 1.54. The zero-order valence-corrected chi connectivity index (χ0v) is 18.9. The number of thiocarbonyl (C=S) groups is 1. The fourth-order valence-electron chi connectivity index (χ4n) is 2.85. The molecule has 12 heteroatoms. The summed E-state index contributed by atoms with van der Waals surface area (Å²) >= 11 is 6.39. The Morgan fingerprint density at radius 3 is 2.70 bits per heavy atom. The minimum Gasteiger partial charge on any atom is -0.496 e. The van der Waals surface area contributed by atoms with Crippen molar-refractivity contribution in [1.82, 2.24) is 15.8 Å². The van der Waals surface area contributed by atoms with E-state index in [9.17, 15) is 24.5 Å². The SMILES string of the molecule is COc1ccccc1/C=C1\SC(=S)N(CCC(=O)NNC(=O)c2cccc([N+](=O)[O-])c2)C1=O. The first-order valence-corrected chi connectivity index (χ1v) is 10.7. The number of hydrazine groups is 1. The van der Waals surface area contributed by atoms with E-state index in [2.05, 4.69) is 10.9 Å². The number of nitrogens with zero attached hydrogens (tertiary/aromatic N) is 2. The molecule has 1 fully saturated rings. The molecule has 33 heavy (non-hydrogen) atoms. The van der Waals surface area contributed by atoms with Gasteiger partial charge in [-0.3, -0.25) is 40.2 Å². The highest BCUT2D eigenvalue weighted by atomic mass is 32.2. The molecule has 2 N–H and O–H groups in total. The number of thioether (sulfide) groups is 1. The van der Waals surface area contributed by atoms with Gasteiger partial charge in [0.15, 0.2) is 0 Å². The Hall–Kier alpha value is -3.77. The average Bonchev–Trinajstić information content (AvgIpc) is 3.08. The Labute approximate surface area is 198 Å². The summed E-state index contributed by atoms with van der Waals surface area (Å²) in [4.78, 5) is 48.9. The van der Waals surface area contributed by atoms with Crippen molar-refractivity contribution in [3.63, 3.8) is 0 Å². The molecule has 1 aliphatic heterocycles. The quantitative estimate of drug-likeness (QED) is 0.264. The average molecular weight is 487 g/mol. The molecule has 10 nitrogen and oxygen atoms in total. The van der Waals surface area contributed by atoms with Crippen molar-refractivity contribution in [2.75, 3.05) is 13.7 Å². The maximum atomic E-state index is 12.7. The van der Waals surface area contributed by atoms with Crippen molar-refractivity contribution in [3.05, 3.63) is 74.7 Å². The van der Waals surface area contributed by atoms with E-state index in [4.69, 9.17) is 17.0 Å². The molecule has 0 aliphatic carbocycles. The van der Waals surface area contributed by atoms with Crippen molar-refractivity contribution in [2.45, 2.75) is 6.42 Å². The van der Waals surface area contributed by atoms with Gasteiger partial charge in [0.1, 0.15) is 10.1 Å². The normalized spacial score (nSPS) is 14.3. The summed E-state index contributed by atoms with van der Waals surface area (Å²) in [6.07, 6.45) is 1.56. The largest absolute Gasteiger partial charge is 0.496 e. The van der Waals surface area contributed by atoms with Crippen LogP contribution < -0.4 is 15.6 Å². The van der Waals surface area contributed by atoms with Crippen LogP contribution in [0.5, 0.6) is 5.75 Å². The molecule has 2 aromatic carbocycles. The number of benzene rings is 2. The highest BCUT2D eigenvalue weighted by molar-refractivity contribution is 8.26.